The summed E-state index contributed by atoms with van der Waals surface area (Å²) in [5.74, 6) is 0.0951. The molecule has 0 aliphatic heterocycles. The van der Waals surface area contributed by atoms with Crippen molar-refractivity contribution in [2.75, 3.05) is 0 Å². The standard InChI is InChI=1S/C24H12Cl3F3N4O/c25-13-5-8-15(9-6-13)34-21(16-10-7-14(26)11-18(16)27)32-22-20(23(34)35)31-12-33(22)19-4-2-1-3-17(19)24(28,29)30/h1-12H. The molecule has 0 aliphatic carbocycles. The molecular weight excluding hydrogens is 524 g/mol. The average Bonchev–Trinajstić information content (AvgIpc) is 3.24. The normalized spacial score (nSPS) is 11.8. The molecule has 0 spiro atoms. The van der Waals surface area contributed by atoms with Gasteiger partial charge in [-0.2, -0.15) is 13.2 Å². The highest BCUT2D eigenvalue weighted by Crippen LogP contribution is 2.35. The maximum Gasteiger partial charge on any atom is 0.418 e. The zero-order valence-electron chi connectivity index (χ0n) is 17.4. The minimum absolute atomic E-state index is 0.0575. The number of aromatic nitrogens is 4. The van der Waals surface area contributed by atoms with Gasteiger partial charge in [0.15, 0.2) is 17.0 Å². The summed E-state index contributed by atoms with van der Waals surface area (Å²) >= 11 is 18.5. The second-order valence-corrected chi connectivity index (χ2v) is 8.76. The lowest BCUT2D eigenvalue weighted by Gasteiger charge is -2.16. The van der Waals surface area contributed by atoms with Crippen LogP contribution >= 0.6 is 34.8 Å². The van der Waals surface area contributed by atoms with Gasteiger partial charge in [0.2, 0.25) is 0 Å². The number of fused-ring (bicyclic) bond motifs is 1. The van der Waals surface area contributed by atoms with Crippen LogP contribution in [0.15, 0.2) is 77.9 Å². The third kappa shape index (κ3) is 4.18. The van der Waals surface area contributed by atoms with Gasteiger partial charge in [-0.15, -0.1) is 0 Å². The zero-order valence-corrected chi connectivity index (χ0v) is 19.7. The summed E-state index contributed by atoms with van der Waals surface area (Å²) in [6, 6.07) is 16.0. The summed E-state index contributed by atoms with van der Waals surface area (Å²) < 4.78 is 43.6. The number of benzene rings is 3. The van der Waals surface area contributed by atoms with Gasteiger partial charge in [-0.05, 0) is 54.6 Å². The highest BCUT2D eigenvalue weighted by Gasteiger charge is 2.34. The van der Waals surface area contributed by atoms with E-state index in [1.165, 1.54) is 28.8 Å². The quantitative estimate of drug-likeness (QED) is 0.245. The van der Waals surface area contributed by atoms with E-state index in [9.17, 15) is 18.0 Å². The third-order valence-electron chi connectivity index (χ3n) is 5.30. The summed E-state index contributed by atoms with van der Waals surface area (Å²) in [5, 5.41) is 1.02. The Morgan fingerprint density at radius 1 is 0.857 bits per heavy atom. The van der Waals surface area contributed by atoms with E-state index in [0.29, 0.717) is 21.3 Å². The fraction of sp³-hybridized carbons (Fsp3) is 0.0417. The van der Waals surface area contributed by atoms with Crippen molar-refractivity contribution in [3.8, 4) is 22.8 Å². The van der Waals surface area contributed by atoms with Gasteiger partial charge in [0.05, 0.1) is 22.0 Å². The van der Waals surface area contributed by atoms with E-state index in [0.717, 1.165) is 17.0 Å². The Morgan fingerprint density at radius 3 is 2.23 bits per heavy atom. The molecule has 3 aromatic carbocycles. The van der Waals surface area contributed by atoms with Gasteiger partial charge in [0.1, 0.15) is 6.33 Å². The number of hydrogen-bond donors (Lipinski definition) is 0. The number of imidazole rings is 1. The van der Waals surface area contributed by atoms with Crippen LogP contribution in [-0.2, 0) is 6.18 Å². The van der Waals surface area contributed by atoms with Crippen LogP contribution in [0.4, 0.5) is 13.2 Å². The Labute approximate surface area is 211 Å². The van der Waals surface area contributed by atoms with E-state index in [1.54, 1.807) is 36.4 Å². The molecule has 0 amide bonds. The first-order valence-electron chi connectivity index (χ1n) is 10.0. The molecule has 0 bridgehead atoms. The maximum absolute atomic E-state index is 13.7. The molecule has 0 atom stereocenters. The van der Waals surface area contributed by atoms with Gasteiger partial charge < -0.3 is 0 Å². The lowest BCUT2D eigenvalue weighted by Crippen LogP contribution is -2.22. The summed E-state index contributed by atoms with van der Waals surface area (Å²) in [6.07, 6.45) is -3.49. The van der Waals surface area contributed by atoms with Gasteiger partial charge in [-0.25, -0.2) is 9.97 Å². The van der Waals surface area contributed by atoms with E-state index in [4.69, 9.17) is 34.8 Å². The maximum atomic E-state index is 13.7. The van der Waals surface area contributed by atoms with Crippen LogP contribution in [0.1, 0.15) is 5.56 Å². The monoisotopic (exact) mass is 534 g/mol. The lowest BCUT2D eigenvalue weighted by molar-refractivity contribution is -0.137. The Morgan fingerprint density at radius 2 is 1.54 bits per heavy atom. The van der Waals surface area contributed by atoms with Crippen LogP contribution in [0.2, 0.25) is 15.1 Å². The highest BCUT2D eigenvalue weighted by atomic mass is 35.5. The minimum Gasteiger partial charge on any atom is -0.282 e. The fourth-order valence-corrected chi connectivity index (χ4v) is 4.35. The molecule has 0 radical (unpaired) electrons. The second-order valence-electron chi connectivity index (χ2n) is 7.48. The van der Waals surface area contributed by atoms with E-state index < -0.39 is 17.3 Å². The first-order chi connectivity index (χ1) is 16.6. The van der Waals surface area contributed by atoms with Crippen molar-refractivity contribution in [3.63, 3.8) is 0 Å². The van der Waals surface area contributed by atoms with Crippen molar-refractivity contribution in [1.29, 1.82) is 0 Å². The Balaban J connectivity index is 1.87. The molecule has 176 valence electrons. The zero-order chi connectivity index (χ0) is 24.9. The predicted molar refractivity (Wildman–Crippen MR) is 130 cm³/mol. The highest BCUT2D eigenvalue weighted by molar-refractivity contribution is 6.36. The summed E-state index contributed by atoms with van der Waals surface area (Å²) in [6.45, 7) is 0. The molecule has 0 N–H and O–H groups in total. The molecule has 0 unspecified atom stereocenters. The van der Waals surface area contributed by atoms with Crippen LogP contribution in [0.25, 0.3) is 33.9 Å². The van der Waals surface area contributed by atoms with Gasteiger partial charge in [0, 0.05) is 15.6 Å². The van der Waals surface area contributed by atoms with Crippen molar-refractivity contribution in [2.24, 2.45) is 0 Å². The molecule has 2 aromatic heterocycles. The van der Waals surface area contributed by atoms with Crippen LogP contribution in [0.5, 0.6) is 0 Å². The van der Waals surface area contributed by atoms with E-state index in [2.05, 4.69) is 9.97 Å². The number of alkyl halides is 3. The fourth-order valence-electron chi connectivity index (χ4n) is 3.73. The van der Waals surface area contributed by atoms with Gasteiger partial charge in [0.25, 0.3) is 5.56 Å². The largest absolute Gasteiger partial charge is 0.418 e. The molecular formula is C24H12Cl3F3N4O. The van der Waals surface area contributed by atoms with Crippen LogP contribution in [-0.4, -0.2) is 19.1 Å². The van der Waals surface area contributed by atoms with Crippen molar-refractivity contribution in [2.45, 2.75) is 6.18 Å². The SMILES string of the molecule is O=c1c2ncn(-c3ccccc3C(F)(F)F)c2nc(-c2ccc(Cl)cc2Cl)n1-c1ccc(Cl)cc1. The van der Waals surface area contributed by atoms with Crippen LogP contribution in [0, 0.1) is 0 Å². The van der Waals surface area contributed by atoms with Crippen molar-refractivity contribution in [1.82, 2.24) is 19.1 Å². The first kappa shape index (κ1) is 23.4. The minimum atomic E-state index is -4.63. The number of hydrogen-bond acceptors (Lipinski definition) is 3. The Bertz CT molecular complexity index is 1640. The topological polar surface area (TPSA) is 52.7 Å². The van der Waals surface area contributed by atoms with Gasteiger partial charge in [-0.1, -0.05) is 46.9 Å². The molecule has 2 heterocycles. The molecule has 0 saturated carbocycles. The van der Waals surface area contributed by atoms with Crippen molar-refractivity contribution >= 4 is 46.0 Å². The number of rotatable bonds is 3. The molecule has 5 rings (SSSR count). The summed E-state index contributed by atoms with van der Waals surface area (Å²) in [7, 11) is 0. The van der Waals surface area contributed by atoms with Crippen molar-refractivity contribution < 1.29 is 13.2 Å². The molecule has 0 fully saturated rings. The average molecular weight is 536 g/mol. The molecule has 0 saturated heterocycles. The number of para-hydroxylation sites is 1. The third-order valence-corrected chi connectivity index (χ3v) is 6.10. The molecule has 0 aliphatic rings. The van der Waals surface area contributed by atoms with Gasteiger partial charge in [-0.3, -0.25) is 13.9 Å². The Kier molecular flexibility index (Phi) is 5.83. The van der Waals surface area contributed by atoms with Crippen LogP contribution in [0.3, 0.4) is 0 Å². The second kappa shape index (κ2) is 8.71. The van der Waals surface area contributed by atoms with Crippen molar-refractivity contribution in [3.05, 3.63) is 104 Å². The summed E-state index contributed by atoms with van der Waals surface area (Å²) in [4.78, 5) is 22.3. The first-order valence-corrected chi connectivity index (χ1v) is 11.2. The molecule has 5 aromatic rings. The van der Waals surface area contributed by atoms with E-state index in [-0.39, 0.29) is 27.7 Å². The number of nitrogens with zero attached hydrogens (tertiary/aromatic N) is 4. The Hall–Kier alpha value is -3.33. The number of halogens is 6. The molecule has 5 nitrogen and oxygen atoms in total. The molecule has 35 heavy (non-hydrogen) atoms. The van der Waals surface area contributed by atoms with Gasteiger partial charge >= 0.3 is 6.18 Å². The predicted octanol–water partition coefficient (Wildman–Crippen LogP) is 7.22. The summed E-state index contributed by atoms with van der Waals surface area (Å²) in [5.41, 5.74) is -1.12. The lowest BCUT2D eigenvalue weighted by atomic mass is 10.1. The van der Waals surface area contributed by atoms with E-state index >= 15 is 0 Å². The van der Waals surface area contributed by atoms with Crippen LogP contribution < -0.4 is 5.56 Å². The van der Waals surface area contributed by atoms with E-state index in [1.807, 2.05) is 0 Å². The molecule has 11 heteroatoms. The smallest absolute Gasteiger partial charge is 0.282 e.